The average Bonchev–Trinajstić information content (AvgIpc) is 2.40. The Morgan fingerprint density at radius 3 is 2.43 bits per heavy atom. The fraction of sp³-hybridized carbons (Fsp3) is 0.462. The Morgan fingerprint density at radius 2 is 1.90 bits per heavy atom. The molecule has 2 N–H and O–H groups in total. The standard InChI is InChI=1S/C13H17Cl3N2O3/c1-21-5-3-18(2-4-19)8-12(20)17-13-10(15)6-9(14)7-11(13)16/h6-7,19H,2-5,8H2,1H3,(H,17,20). The van der Waals surface area contributed by atoms with Crippen LogP contribution in [0, 0.1) is 0 Å². The molecule has 1 aromatic carbocycles. The summed E-state index contributed by atoms with van der Waals surface area (Å²) >= 11 is 17.8. The molecule has 0 bridgehead atoms. The minimum absolute atomic E-state index is 0.0422. The molecule has 5 nitrogen and oxygen atoms in total. The number of aliphatic hydroxyl groups is 1. The molecule has 0 unspecified atom stereocenters. The molecule has 0 spiro atoms. The van der Waals surface area contributed by atoms with E-state index in [-0.39, 0.29) is 29.1 Å². The molecule has 0 radical (unpaired) electrons. The molecule has 0 aromatic heterocycles. The van der Waals surface area contributed by atoms with Crippen LogP contribution in [0.15, 0.2) is 12.1 Å². The Kier molecular flexibility index (Phi) is 8.33. The number of carbonyl (C=O) groups excluding carboxylic acids is 1. The number of hydrogen-bond acceptors (Lipinski definition) is 4. The van der Waals surface area contributed by atoms with E-state index in [1.54, 1.807) is 12.0 Å². The van der Waals surface area contributed by atoms with Crippen LogP contribution in [0.25, 0.3) is 0 Å². The van der Waals surface area contributed by atoms with E-state index in [2.05, 4.69) is 5.32 Å². The molecule has 0 aliphatic carbocycles. The zero-order valence-corrected chi connectivity index (χ0v) is 13.8. The highest BCUT2D eigenvalue weighted by molar-refractivity contribution is 6.42. The van der Waals surface area contributed by atoms with Crippen molar-refractivity contribution in [1.29, 1.82) is 0 Å². The Morgan fingerprint density at radius 1 is 1.29 bits per heavy atom. The van der Waals surface area contributed by atoms with Crippen molar-refractivity contribution in [2.75, 3.05) is 45.3 Å². The number of ether oxygens (including phenoxy) is 1. The molecule has 0 aliphatic rings. The van der Waals surface area contributed by atoms with E-state index in [9.17, 15) is 4.79 Å². The van der Waals surface area contributed by atoms with Crippen molar-refractivity contribution in [3.8, 4) is 0 Å². The number of amides is 1. The zero-order chi connectivity index (χ0) is 15.8. The Bertz CT molecular complexity index is 463. The van der Waals surface area contributed by atoms with Crippen LogP contribution in [0.5, 0.6) is 0 Å². The molecule has 0 saturated carbocycles. The van der Waals surface area contributed by atoms with Gasteiger partial charge < -0.3 is 15.2 Å². The molecule has 1 aromatic rings. The number of carbonyl (C=O) groups is 1. The first-order chi connectivity index (χ1) is 9.97. The number of halogens is 3. The van der Waals surface area contributed by atoms with Crippen molar-refractivity contribution in [2.24, 2.45) is 0 Å². The van der Waals surface area contributed by atoms with Gasteiger partial charge in [-0.1, -0.05) is 34.8 Å². The maximum absolute atomic E-state index is 12.0. The van der Waals surface area contributed by atoms with Crippen LogP contribution < -0.4 is 5.32 Å². The Balaban J connectivity index is 2.67. The van der Waals surface area contributed by atoms with Crippen LogP contribution in [-0.2, 0) is 9.53 Å². The summed E-state index contributed by atoms with van der Waals surface area (Å²) in [4.78, 5) is 13.8. The molecule has 21 heavy (non-hydrogen) atoms. The molecule has 1 rings (SSSR count). The summed E-state index contributed by atoms with van der Waals surface area (Å²) in [5, 5.41) is 12.6. The summed E-state index contributed by atoms with van der Waals surface area (Å²) in [6.07, 6.45) is 0. The molecular weight excluding hydrogens is 339 g/mol. The number of nitrogens with zero attached hydrogens (tertiary/aromatic N) is 1. The van der Waals surface area contributed by atoms with E-state index < -0.39 is 0 Å². The number of hydrogen-bond donors (Lipinski definition) is 2. The zero-order valence-electron chi connectivity index (χ0n) is 11.5. The number of rotatable bonds is 8. The summed E-state index contributed by atoms with van der Waals surface area (Å²) in [6, 6.07) is 3.00. The molecule has 8 heteroatoms. The monoisotopic (exact) mass is 354 g/mol. The maximum Gasteiger partial charge on any atom is 0.238 e. The number of benzene rings is 1. The van der Waals surface area contributed by atoms with Gasteiger partial charge in [-0.05, 0) is 12.1 Å². The minimum atomic E-state index is -0.286. The molecule has 1 amide bonds. The van der Waals surface area contributed by atoms with Gasteiger partial charge in [0.2, 0.25) is 5.91 Å². The van der Waals surface area contributed by atoms with Gasteiger partial charge >= 0.3 is 0 Å². The van der Waals surface area contributed by atoms with Gasteiger partial charge in [-0.15, -0.1) is 0 Å². The van der Waals surface area contributed by atoms with Crippen LogP contribution in [0.2, 0.25) is 15.1 Å². The lowest BCUT2D eigenvalue weighted by molar-refractivity contribution is -0.117. The third-order valence-corrected chi connectivity index (χ3v) is 3.48. The van der Waals surface area contributed by atoms with Gasteiger partial charge in [0.05, 0.1) is 35.5 Å². The van der Waals surface area contributed by atoms with Crippen LogP contribution >= 0.6 is 34.8 Å². The second kappa shape index (κ2) is 9.46. The maximum atomic E-state index is 12.0. The number of nitrogens with one attached hydrogen (secondary N) is 1. The topological polar surface area (TPSA) is 61.8 Å². The van der Waals surface area contributed by atoms with Gasteiger partial charge in [0.15, 0.2) is 0 Å². The lowest BCUT2D eigenvalue weighted by atomic mass is 10.3. The van der Waals surface area contributed by atoms with E-state index in [0.717, 1.165) is 0 Å². The molecule has 118 valence electrons. The van der Waals surface area contributed by atoms with Gasteiger partial charge in [-0.3, -0.25) is 9.69 Å². The van der Waals surface area contributed by atoms with Crippen molar-refractivity contribution < 1.29 is 14.6 Å². The highest BCUT2D eigenvalue weighted by Crippen LogP contribution is 2.33. The summed E-state index contributed by atoms with van der Waals surface area (Å²) in [5.74, 6) is -0.286. The Labute approximate surface area is 138 Å². The first-order valence-electron chi connectivity index (χ1n) is 6.24. The summed E-state index contributed by atoms with van der Waals surface area (Å²) in [5.41, 5.74) is 0.323. The number of anilines is 1. The Hall–Kier alpha value is -0.560. The quantitative estimate of drug-likeness (QED) is 0.752. The number of aliphatic hydroxyl groups excluding tert-OH is 1. The molecule has 0 aliphatic heterocycles. The minimum Gasteiger partial charge on any atom is -0.395 e. The van der Waals surface area contributed by atoms with Gasteiger partial charge in [0.25, 0.3) is 0 Å². The van der Waals surface area contributed by atoms with E-state index in [0.29, 0.717) is 30.4 Å². The van der Waals surface area contributed by atoms with Gasteiger partial charge in [0, 0.05) is 25.2 Å². The van der Waals surface area contributed by atoms with Crippen LogP contribution in [0.1, 0.15) is 0 Å². The van der Waals surface area contributed by atoms with Crippen molar-refractivity contribution in [3.63, 3.8) is 0 Å². The first-order valence-corrected chi connectivity index (χ1v) is 7.38. The SMILES string of the molecule is COCCN(CCO)CC(=O)Nc1c(Cl)cc(Cl)cc1Cl. The largest absolute Gasteiger partial charge is 0.395 e. The third kappa shape index (κ3) is 6.38. The molecule has 0 heterocycles. The lowest BCUT2D eigenvalue weighted by Crippen LogP contribution is -2.37. The molecule has 0 fully saturated rings. The predicted octanol–water partition coefficient (Wildman–Crippen LogP) is 2.53. The normalized spacial score (nSPS) is 11.0. The van der Waals surface area contributed by atoms with Gasteiger partial charge in [-0.25, -0.2) is 0 Å². The van der Waals surface area contributed by atoms with E-state index >= 15 is 0 Å². The third-order valence-electron chi connectivity index (χ3n) is 2.67. The van der Waals surface area contributed by atoms with Crippen LogP contribution in [0.3, 0.4) is 0 Å². The lowest BCUT2D eigenvalue weighted by Gasteiger charge is -2.20. The predicted molar refractivity (Wildman–Crippen MR) is 85.5 cm³/mol. The van der Waals surface area contributed by atoms with Crippen molar-refractivity contribution in [1.82, 2.24) is 4.90 Å². The van der Waals surface area contributed by atoms with E-state index in [1.807, 2.05) is 0 Å². The summed E-state index contributed by atoms with van der Waals surface area (Å²) in [7, 11) is 1.57. The fourth-order valence-corrected chi connectivity index (χ4v) is 2.59. The summed E-state index contributed by atoms with van der Waals surface area (Å²) in [6.45, 7) is 1.43. The summed E-state index contributed by atoms with van der Waals surface area (Å²) < 4.78 is 4.96. The van der Waals surface area contributed by atoms with Crippen LogP contribution in [0.4, 0.5) is 5.69 Å². The first kappa shape index (κ1) is 18.5. The van der Waals surface area contributed by atoms with Crippen molar-refractivity contribution in [2.45, 2.75) is 0 Å². The molecule has 0 atom stereocenters. The highest BCUT2D eigenvalue weighted by Gasteiger charge is 2.14. The fourth-order valence-electron chi connectivity index (χ4n) is 1.68. The van der Waals surface area contributed by atoms with Crippen molar-refractivity contribution in [3.05, 3.63) is 27.2 Å². The average molecular weight is 356 g/mol. The second-order valence-electron chi connectivity index (χ2n) is 4.29. The number of methoxy groups -OCH3 is 1. The molecule has 0 saturated heterocycles. The van der Waals surface area contributed by atoms with Gasteiger partial charge in [0.1, 0.15) is 0 Å². The van der Waals surface area contributed by atoms with Crippen molar-refractivity contribution >= 4 is 46.4 Å². The van der Waals surface area contributed by atoms with Gasteiger partial charge in [-0.2, -0.15) is 0 Å². The smallest absolute Gasteiger partial charge is 0.238 e. The second-order valence-corrected chi connectivity index (χ2v) is 5.54. The highest BCUT2D eigenvalue weighted by atomic mass is 35.5. The van der Waals surface area contributed by atoms with Crippen LogP contribution in [-0.4, -0.2) is 55.9 Å². The molecular formula is C13H17Cl3N2O3. The van der Waals surface area contributed by atoms with E-state index in [1.165, 1.54) is 12.1 Å². The van der Waals surface area contributed by atoms with E-state index in [4.69, 9.17) is 44.6 Å².